The Morgan fingerprint density at radius 3 is 2.26 bits per heavy atom. The summed E-state index contributed by atoms with van der Waals surface area (Å²) in [5.41, 5.74) is 2.83. The van der Waals surface area contributed by atoms with Gasteiger partial charge >= 0.3 is 0 Å². The molecule has 4 heteroatoms. The Balaban J connectivity index is 2.95. The summed E-state index contributed by atoms with van der Waals surface area (Å²) >= 11 is 0. The average Bonchev–Trinajstić information content (AvgIpc) is 2.34. The van der Waals surface area contributed by atoms with Crippen LogP contribution in [0.25, 0.3) is 0 Å². The van der Waals surface area contributed by atoms with Crippen LogP contribution in [0, 0.1) is 13.8 Å². The van der Waals surface area contributed by atoms with Gasteiger partial charge in [0.2, 0.25) is 11.8 Å². The van der Waals surface area contributed by atoms with E-state index in [0.717, 1.165) is 23.2 Å². The Morgan fingerprint density at radius 1 is 1.21 bits per heavy atom. The third-order valence-corrected chi connectivity index (χ3v) is 2.96. The van der Waals surface area contributed by atoms with Crippen LogP contribution in [0.4, 0.5) is 5.69 Å². The Labute approximate surface area is 114 Å². The van der Waals surface area contributed by atoms with E-state index < -0.39 is 0 Å². The van der Waals surface area contributed by atoms with E-state index in [2.05, 4.69) is 5.32 Å². The summed E-state index contributed by atoms with van der Waals surface area (Å²) < 4.78 is 0. The maximum absolute atomic E-state index is 11.8. The normalized spacial score (nSPS) is 10.1. The van der Waals surface area contributed by atoms with Gasteiger partial charge in [0.1, 0.15) is 6.54 Å². The van der Waals surface area contributed by atoms with Crippen molar-refractivity contribution in [1.29, 1.82) is 0 Å². The number of hydrogen-bond donors (Lipinski definition) is 1. The second-order valence-corrected chi connectivity index (χ2v) is 4.70. The smallest absolute Gasteiger partial charge is 0.240 e. The van der Waals surface area contributed by atoms with Crippen LogP contribution >= 0.6 is 0 Å². The van der Waals surface area contributed by atoms with E-state index in [9.17, 15) is 9.59 Å². The Morgan fingerprint density at radius 2 is 1.79 bits per heavy atom. The van der Waals surface area contributed by atoms with E-state index in [0.29, 0.717) is 6.54 Å². The van der Waals surface area contributed by atoms with Crippen LogP contribution in [-0.2, 0) is 9.59 Å². The lowest BCUT2D eigenvalue weighted by molar-refractivity contribution is -0.123. The number of benzene rings is 1. The third-order valence-electron chi connectivity index (χ3n) is 2.96. The second-order valence-electron chi connectivity index (χ2n) is 4.70. The topological polar surface area (TPSA) is 49.4 Å². The van der Waals surface area contributed by atoms with Gasteiger partial charge in [-0.25, -0.2) is 0 Å². The van der Waals surface area contributed by atoms with Gasteiger partial charge in [0.05, 0.1) is 5.69 Å². The van der Waals surface area contributed by atoms with Crippen molar-refractivity contribution in [3.8, 4) is 0 Å². The molecular weight excluding hydrogens is 240 g/mol. The largest absolute Gasteiger partial charge is 0.355 e. The molecule has 0 fully saturated rings. The fourth-order valence-corrected chi connectivity index (χ4v) is 2.04. The second kappa shape index (κ2) is 6.92. The van der Waals surface area contributed by atoms with Crippen LogP contribution in [0.1, 0.15) is 31.4 Å². The van der Waals surface area contributed by atoms with Crippen molar-refractivity contribution in [3.05, 3.63) is 29.3 Å². The third kappa shape index (κ3) is 4.09. The molecule has 1 aromatic carbocycles. The molecule has 0 bridgehead atoms. The fraction of sp³-hybridized carbons (Fsp3) is 0.467. The predicted octanol–water partition coefficient (Wildman–Crippen LogP) is 2.18. The number of amides is 2. The van der Waals surface area contributed by atoms with Crippen molar-refractivity contribution in [2.45, 2.75) is 34.1 Å². The van der Waals surface area contributed by atoms with Crippen molar-refractivity contribution in [1.82, 2.24) is 5.32 Å². The molecule has 0 aliphatic rings. The number of nitrogens with zero attached hydrogens (tertiary/aromatic N) is 1. The fourth-order valence-electron chi connectivity index (χ4n) is 2.04. The highest BCUT2D eigenvalue weighted by Crippen LogP contribution is 2.24. The number of carbonyl (C=O) groups excluding carboxylic acids is 2. The number of para-hydroxylation sites is 1. The minimum atomic E-state index is -0.125. The molecule has 0 atom stereocenters. The van der Waals surface area contributed by atoms with Crippen molar-refractivity contribution in [2.24, 2.45) is 0 Å². The highest BCUT2D eigenvalue weighted by atomic mass is 16.2. The van der Waals surface area contributed by atoms with Crippen molar-refractivity contribution < 1.29 is 9.59 Å². The van der Waals surface area contributed by atoms with E-state index in [-0.39, 0.29) is 18.4 Å². The van der Waals surface area contributed by atoms with Crippen LogP contribution in [0.2, 0.25) is 0 Å². The summed E-state index contributed by atoms with van der Waals surface area (Å²) in [5.74, 6) is -0.247. The van der Waals surface area contributed by atoms with Gasteiger partial charge in [0.25, 0.3) is 0 Å². The van der Waals surface area contributed by atoms with Crippen molar-refractivity contribution in [2.75, 3.05) is 18.0 Å². The van der Waals surface area contributed by atoms with Crippen LogP contribution in [0.5, 0.6) is 0 Å². The zero-order valence-electron chi connectivity index (χ0n) is 12.1. The van der Waals surface area contributed by atoms with Crippen LogP contribution < -0.4 is 10.2 Å². The molecule has 4 nitrogen and oxygen atoms in total. The maximum atomic E-state index is 11.8. The molecule has 19 heavy (non-hydrogen) atoms. The monoisotopic (exact) mass is 262 g/mol. The molecule has 0 aromatic heterocycles. The summed E-state index contributed by atoms with van der Waals surface area (Å²) in [7, 11) is 0. The van der Waals surface area contributed by atoms with Gasteiger partial charge < -0.3 is 10.2 Å². The van der Waals surface area contributed by atoms with E-state index in [4.69, 9.17) is 0 Å². The molecule has 0 radical (unpaired) electrons. The van der Waals surface area contributed by atoms with E-state index in [1.54, 1.807) is 0 Å². The SMILES string of the molecule is CCCNC(=O)CN(C(C)=O)c1c(C)cccc1C. The molecule has 1 N–H and O–H groups in total. The first-order valence-electron chi connectivity index (χ1n) is 6.58. The summed E-state index contributed by atoms with van der Waals surface area (Å²) in [6.07, 6.45) is 0.884. The highest BCUT2D eigenvalue weighted by molar-refractivity contribution is 5.98. The number of anilines is 1. The van der Waals surface area contributed by atoms with Crippen LogP contribution in [0.3, 0.4) is 0 Å². The molecule has 0 unspecified atom stereocenters. The number of hydrogen-bond acceptors (Lipinski definition) is 2. The lowest BCUT2D eigenvalue weighted by atomic mass is 10.1. The standard InChI is InChI=1S/C15H22N2O2/c1-5-9-16-14(19)10-17(13(4)18)15-11(2)7-6-8-12(15)3/h6-8H,5,9-10H2,1-4H3,(H,16,19). The maximum Gasteiger partial charge on any atom is 0.240 e. The van der Waals surface area contributed by atoms with E-state index in [1.807, 2.05) is 39.0 Å². The molecule has 0 saturated carbocycles. The van der Waals surface area contributed by atoms with Gasteiger partial charge in [0, 0.05) is 13.5 Å². The minimum absolute atomic E-state index is 0.0705. The minimum Gasteiger partial charge on any atom is -0.355 e. The summed E-state index contributed by atoms with van der Waals surface area (Å²) in [6.45, 7) is 8.08. The Hall–Kier alpha value is -1.84. The summed E-state index contributed by atoms with van der Waals surface area (Å²) in [6, 6.07) is 5.84. The zero-order chi connectivity index (χ0) is 14.4. The zero-order valence-corrected chi connectivity index (χ0v) is 12.1. The summed E-state index contributed by atoms with van der Waals surface area (Å²) in [4.78, 5) is 25.1. The quantitative estimate of drug-likeness (QED) is 0.884. The van der Waals surface area contributed by atoms with Gasteiger partial charge in [0.15, 0.2) is 0 Å². The van der Waals surface area contributed by atoms with E-state index in [1.165, 1.54) is 11.8 Å². The molecule has 0 saturated heterocycles. The van der Waals surface area contributed by atoms with E-state index >= 15 is 0 Å². The number of nitrogens with one attached hydrogen (secondary N) is 1. The number of rotatable bonds is 5. The summed E-state index contributed by atoms with van der Waals surface area (Å²) in [5, 5.41) is 2.79. The molecule has 0 spiro atoms. The average molecular weight is 262 g/mol. The van der Waals surface area contributed by atoms with Gasteiger partial charge in [-0.2, -0.15) is 0 Å². The van der Waals surface area contributed by atoms with Gasteiger partial charge in [-0.05, 0) is 31.4 Å². The van der Waals surface area contributed by atoms with Gasteiger partial charge in [-0.15, -0.1) is 0 Å². The molecule has 0 aliphatic heterocycles. The molecule has 2 amide bonds. The molecular formula is C15H22N2O2. The molecule has 0 heterocycles. The Kier molecular flexibility index (Phi) is 5.55. The first kappa shape index (κ1) is 15.2. The molecule has 1 rings (SSSR count). The highest BCUT2D eigenvalue weighted by Gasteiger charge is 2.18. The Bertz CT molecular complexity index is 449. The van der Waals surface area contributed by atoms with Crippen LogP contribution in [0.15, 0.2) is 18.2 Å². The van der Waals surface area contributed by atoms with Crippen LogP contribution in [-0.4, -0.2) is 24.9 Å². The number of aryl methyl sites for hydroxylation is 2. The molecule has 1 aromatic rings. The van der Waals surface area contributed by atoms with Crippen molar-refractivity contribution in [3.63, 3.8) is 0 Å². The first-order chi connectivity index (χ1) is 8.97. The molecule has 0 aliphatic carbocycles. The molecule has 104 valence electrons. The lowest BCUT2D eigenvalue weighted by Gasteiger charge is -2.24. The van der Waals surface area contributed by atoms with Gasteiger partial charge in [-0.3, -0.25) is 9.59 Å². The number of carbonyl (C=O) groups is 2. The first-order valence-corrected chi connectivity index (χ1v) is 6.58. The van der Waals surface area contributed by atoms with Gasteiger partial charge in [-0.1, -0.05) is 25.1 Å². The predicted molar refractivity (Wildman–Crippen MR) is 77.2 cm³/mol. The van der Waals surface area contributed by atoms with Crippen molar-refractivity contribution >= 4 is 17.5 Å². The lowest BCUT2D eigenvalue weighted by Crippen LogP contribution is -2.40.